The smallest absolute Gasteiger partial charge is 0.132 e. The van der Waals surface area contributed by atoms with Gasteiger partial charge in [-0.05, 0) is 36.8 Å². The molecule has 1 aromatic heterocycles. The summed E-state index contributed by atoms with van der Waals surface area (Å²) in [6.07, 6.45) is 1.01. The first-order valence-electron chi connectivity index (χ1n) is 6.40. The molecule has 0 saturated heterocycles. The molecule has 1 heterocycles. The Morgan fingerprint density at radius 3 is 2.80 bits per heavy atom. The Bertz CT molecular complexity index is 634. The summed E-state index contributed by atoms with van der Waals surface area (Å²) in [6.45, 7) is 2.92. The molecule has 5 heteroatoms. The minimum absolute atomic E-state index is 0.249. The van der Waals surface area contributed by atoms with E-state index in [9.17, 15) is 4.39 Å². The fourth-order valence-corrected chi connectivity index (χ4v) is 1.71. The van der Waals surface area contributed by atoms with Crippen molar-refractivity contribution in [1.29, 1.82) is 5.26 Å². The van der Waals surface area contributed by atoms with E-state index in [1.807, 2.05) is 18.2 Å². The van der Waals surface area contributed by atoms with Gasteiger partial charge in [-0.1, -0.05) is 13.0 Å². The first-order valence-corrected chi connectivity index (χ1v) is 6.40. The van der Waals surface area contributed by atoms with Gasteiger partial charge in [-0.2, -0.15) is 5.26 Å². The van der Waals surface area contributed by atoms with Crippen LogP contribution < -0.4 is 10.6 Å². The van der Waals surface area contributed by atoms with E-state index in [2.05, 4.69) is 22.5 Å². The molecule has 102 valence electrons. The van der Waals surface area contributed by atoms with Crippen LogP contribution in [0.25, 0.3) is 0 Å². The standard InChI is InChI=1S/C15H15FN4/c1-2-8-18-14-4-3-5-15(20-14)19-13-7-6-12(16)9-11(13)10-17/h3-7,9H,2,8H2,1H3,(H2,18,19,20). The van der Waals surface area contributed by atoms with Gasteiger partial charge in [-0.15, -0.1) is 0 Å². The largest absolute Gasteiger partial charge is 0.370 e. The lowest BCUT2D eigenvalue weighted by molar-refractivity contribution is 0.627. The predicted octanol–water partition coefficient (Wildman–Crippen LogP) is 3.66. The molecule has 0 saturated carbocycles. The van der Waals surface area contributed by atoms with Crippen molar-refractivity contribution >= 4 is 17.3 Å². The molecular weight excluding hydrogens is 255 g/mol. The number of nitrogens with one attached hydrogen (secondary N) is 2. The van der Waals surface area contributed by atoms with Crippen LogP contribution in [-0.2, 0) is 0 Å². The second-order valence-corrected chi connectivity index (χ2v) is 4.26. The number of nitriles is 1. The van der Waals surface area contributed by atoms with Gasteiger partial charge in [0.1, 0.15) is 23.5 Å². The van der Waals surface area contributed by atoms with Crippen molar-refractivity contribution in [3.63, 3.8) is 0 Å². The van der Waals surface area contributed by atoms with Crippen molar-refractivity contribution in [3.05, 3.63) is 47.8 Å². The normalized spacial score (nSPS) is 9.85. The second-order valence-electron chi connectivity index (χ2n) is 4.26. The highest BCUT2D eigenvalue weighted by Gasteiger charge is 2.05. The lowest BCUT2D eigenvalue weighted by Gasteiger charge is -2.09. The molecule has 0 radical (unpaired) electrons. The molecule has 0 spiro atoms. The van der Waals surface area contributed by atoms with Gasteiger partial charge >= 0.3 is 0 Å². The summed E-state index contributed by atoms with van der Waals surface area (Å²) in [5.74, 6) is 0.935. The Morgan fingerprint density at radius 2 is 2.05 bits per heavy atom. The molecule has 0 amide bonds. The lowest BCUT2D eigenvalue weighted by atomic mass is 10.2. The zero-order valence-electron chi connectivity index (χ0n) is 11.2. The van der Waals surface area contributed by atoms with E-state index in [4.69, 9.17) is 5.26 Å². The first kappa shape index (κ1) is 13.8. The molecule has 0 atom stereocenters. The average molecular weight is 270 g/mol. The fraction of sp³-hybridized carbons (Fsp3) is 0.200. The lowest BCUT2D eigenvalue weighted by Crippen LogP contribution is -2.03. The van der Waals surface area contributed by atoms with Crippen LogP contribution in [0.5, 0.6) is 0 Å². The molecule has 20 heavy (non-hydrogen) atoms. The predicted molar refractivity (Wildman–Crippen MR) is 77.4 cm³/mol. The molecule has 1 aromatic carbocycles. The molecule has 2 N–H and O–H groups in total. The number of rotatable bonds is 5. The summed E-state index contributed by atoms with van der Waals surface area (Å²) < 4.78 is 13.1. The van der Waals surface area contributed by atoms with Gasteiger partial charge < -0.3 is 10.6 Å². The summed E-state index contributed by atoms with van der Waals surface area (Å²) in [5, 5.41) is 15.2. The van der Waals surface area contributed by atoms with Crippen LogP contribution in [0.4, 0.5) is 21.7 Å². The molecular formula is C15H15FN4. The van der Waals surface area contributed by atoms with Gasteiger partial charge in [0.15, 0.2) is 0 Å². The van der Waals surface area contributed by atoms with Gasteiger partial charge in [0.05, 0.1) is 11.3 Å². The zero-order valence-corrected chi connectivity index (χ0v) is 11.2. The number of pyridine rings is 1. The maximum Gasteiger partial charge on any atom is 0.132 e. The van der Waals surface area contributed by atoms with Gasteiger partial charge in [0.25, 0.3) is 0 Å². The number of aromatic nitrogens is 1. The maximum atomic E-state index is 13.1. The molecule has 0 aliphatic carbocycles. The van der Waals surface area contributed by atoms with Gasteiger partial charge in [-0.25, -0.2) is 9.37 Å². The Morgan fingerprint density at radius 1 is 1.25 bits per heavy atom. The molecule has 4 nitrogen and oxygen atoms in total. The van der Waals surface area contributed by atoms with Crippen LogP contribution in [0.3, 0.4) is 0 Å². The third-order valence-corrected chi connectivity index (χ3v) is 2.67. The summed E-state index contributed by atoms with van der Waals surface area (Å²) in [4.78, 5) is 4.38. The van der Waals surface area contributed by atoms with Crippen molar-refractivity contribution < 1.29 is 4.39 Å². The number of nitrogens with zero attached hydrogens (tertiary/aromatic N) is 2. The number of hydrogen-bond acceptors (Lipinski definition) is 4. The van der Waals surface area contributed by atoms with E-state index >= 15 is 0 Å². The SMILES string of the molecule is CCCNc1cccc(Nc2ccc(F)cc2C#N)n1. The minimum atomic E-state index is -0.432. The van der Waals surface area contributed by atoms with E-state index in [1.54, 1.807) is 6.07 Å². The van der Waals surface area contributed by atoms with Crippen molar-refractivity contribution in [2.75, 3.05) is 17.2 Å². The summed E-state index contributed by atoms with van der Waals surface area (Å²) in [5.41, 5.74) is 0.785. The van der Waals surface area contributed by atoms with Crippen LogP contribution in [0, 0.1) is 17.1 Å². The highest BCUT2D eigenvalue weighted by atomic mass is 19.1. The number of benzene rings is 1. The number of anilines is 3. The molecule has 0 unspecified atom stereocenters. The zero-order chi connectivity index (χ0) is 14.4. The van der Waals surface area contributed by atoms with Crippen molar-refractivity contribution in [3.8, 4) is 6.07 Å². The van der Waals surface area contributed by atoms with E-state index in [1.165, 1.54) is 18.2 Å². The molecule has 0 aliphatic heterocycles. The van der Waals surface area contributed by atoms with E-state index < -0.39 is 5.82 Å². The van der Waals surface area contributed by atoms with Crippen LogP contribution in [0.1, 0.15) is 18.9 Å². The van der Waals surface area contributed by atoms with Crippen LogP contribution >= 0.6 is 0 Å². The monoisotopic (exact) mass is 270 g/mol. The Labute approximate surface area is 117 Å². The Hall–Kier alpha value is -2.61. The summed E-state index contributed by atoms with van der Waals surface area (Å²) >= 11 is 0. The summed E-state index contributed by atoms with van der Waals surface area (Å²) in [6, 6.07) is 11.5. The van der Waals surface area contributed by atoms with Crippen LogP contribution in [0.15, 0.2) is 36.4 Å². The molecule has 0 aliphatic rings. The Balaban J connectivity index is 2.20. The van der Waals surface area contributed by atoms with Crippen molar-refractivity contribution in [1.82, 2.24) is 4.98 Å². The van der Waals surface area contributed by atoms with E-state index in [-0.39, 0.29) is 5.56 Å². The average Bonchev–Trinajstić information content (AvgIpc) is 2.47. The second kappa shape index (κ2) is 6.53. The quantitative estimate of drug-likeness (QED) is 0.870. The highest BCUT2D eigenvalue weighted by Crippen LogP contribution is 2.21. The number of halogens is 1. The van der Waals surface area contributed by atoms with E-state index in [0.29, 0.717) is 11.5 Å². The maximum absolute atomic E-state index is 13.1. The van der Waals surface area contributed by atoms with Crippen molar-refractivity contribution in [2.45, 2.75) is 13.3 Å². The highest BCUT2D eigenvalue weighted by molar-refractivity contribution is 5.65. The van der Waals surface area contributed by atoms with Crippen LogP contribution in [-0.4, -0.2) is 11.5 Å². The molecule has 2 rings (SSSR count). The topological polar surface area (TPSA) is 60.7 Å². The summed E-state index contributed by atoms with van der Waals surface area (Å²) in [7, 11) is 0. The van der Waals surface area contributed by atoms with Gasteiger partial charge in [-0.3, -0.25) is 0 Å². The van der Waals surface area contributed by atoms with Gasteiger partial charge in [0.2, 0.25) is 0 Å². The molecule has 2 aromatic rings. The molecule has 0 fully saturated rings. The number of hydrogen-bond donors (Lipinski definition) is 2. The van der Waals surface area contributed by atoms with Crippen LogP contribution in [0.2, 0.25) is 0 Å². The third kappa shape index (κ3) is 3.45. The third-order valence-electron chi connectivity index (χ3n) is 2.67. The first-order chi connectivity index (χ1) is 9.72. The Kier molecular flexibility index (Phi) is 4.51. The fourth-order valence-electron chi connectivity index (χ4n) is 1.71. The van der Waals surface area contributed by atoms with E-state index in [0.717, 1.165) is 18.8 Å². The minimum Gasteiger partial charge on any atom is -0.370 e. The van der Waals surface area contributed by atoms with Crippen molar-refractivity contribution in [2.24, 2.45) is 0 Å². The molecule has 0 bridgehead atoms. The van der Waals surface area contributed by atoms with Gasteiger partial charge in [0, 0.05) is 6.54 Å².